The number of amides is 1. The van der Waals surface area contributed by atoms with Crippen molar-refractivity contribution in [3.63, 3.8) is 0 Å². The Bertz CT molecular complexity index is 1010. The van der Waals surface area contributed by atoms with Gasteiger partial charge in [0.2, 0.25) is 0 Å². The van der Waals surface area contributed by atoms with Crippen molar-refractivity contribution in [2.75, 3.05) is 10.6 Å². The minimum Gasteiger partial charge on any atom is -0.459 e. The summed E-state index contributed by atoms with van der Waals surface area (Å²) in [5.74, 6) is 0.811. The highest BCUT2D eigenvalue weighted by Crippen LogP contribution is 2.38. The zero-order valence-electron chi connectivity index (χ0n) is 14.5. The van der Waals surface area contributed by atoms with Gasteiger partial charge >= 0.3 is 0 Å². The van der Waals surface area contributed by atoms with Crippen molar-refractivity contribution in [3.05, 3.63) is 87.4 Å². The molecule has 0 aliphatic carbocycles. The van der Waals surface area contributed by atoms with Crippen LogP contribution in [0.4, 0.5) is 10.8 Å². The molecule has 0 aliphatic rings. The molecule has 0 spiro atoms. The Labute approximate surface area is 164 Å². The molecule has 136 valence electrons. The van der Waals surface area contributed by atoms with Gasteiger partial charge in [0, 0.05) is 21.5 Å². The van der Waals surface area contributed by atoms with Gasteiger partial charge in [0.1, 0.15) is 10.8 Å². The van der Waals surface area contributed by atoms with E-state index in [1.807, 2.05) is 36.6 Å². The molecule has 4 aromatic rings. The molecule has 0 fully saturated rings. The first-order valence-corrected chi connectivity index (χ1v) is 10.1. The number of carbonyl (C=O) groups is 1. The number of furan rings is 1. The molecule has 0 saturated heterocycles. The van der Waals surface area contributed by atoms with Crippen LogP contribution in [-0.2, 0) is 0 Å². The minimum atomic E-state index is -0.258. The van der Waals surface area contributed by atoms with E-state index in [1.165, 1.54) is 6.26 Å². The molecule has 2 N–H and O–H groups in total. The molecular weight excluding hydrogens is 378 g/mol. The molecule has 7 heteroatoms. The summed E-state index contributed by atoms with van der Waals surface area (Å²) in [6.07, 6.45) is 3.25. The molecule has 4 aromatic heterocycles. The lowest BCUT2D eigenvalue weighted by Gasteiger charge is -2.19. The van der Waals surface area contributed by atoms with Gasteiger partial charge in [0.05, 0.1) is 12.3 Å². The zero-order chi connectivity index (χ0) is 18.6. The highest BCUT2D eigenvalue weighted by atomic mass is 32.1. The molecule has 1 amide bonds. The fourth-order valence-corrected chi connectivity index (χ4v) is 4.51. The first kappa shape index (κ1) is 17.5. The SMILES string of the molecule is Cc1cc([C@@H](Nc2ccccn2)c2cccs2)c(NC(=O)c2ccco2)s1. The van der Waals surface area contributed by atoms with Gasteiger partial charge in [-0.3, -0.25) is 4.79 Å². The smallest absolute Gasteiger partial charge is 0.291 e. The maximum atomic E-state index is 12.5. The second-order valence-electron chi connectivity index (χ2n) is 5.88. The monoisotopic (exact) mass is 395 g/mol. The van der Waals surface area contributed by atoms with Crippen LogP contribution < -0.4 is 10.6 Å². The molecule has 27 heavy (non-hydrogen) atoms. The predicted octanol–water partition coefficient (Wildman–Crippen LogP) is 5.56. The van der Waals surface area contributed by atoms with Gasteiger partial charge in [-0.05, 0) is 48.7 Å². The molecular formula is C20H17N3O2S2. The maximum absolute atomic E-state index is 12.5. The second-order valence-corrected chi connectivity index (χ2v) is 8.12. The predicted molar refractivity (Wildman–Crippen MR) is 110 cm³/mol. The van der Waals surface area contributed by atoms with Crippen LogP contribution in [0.2, 0.25) is 0 Å². The molecule has 0 radical (unpaired) electrons. The largest absolute Gasteiger partial charge is 0.459 e. The lowest BCUT2D eigenvalue weighted by atomic mass is 10.1. The number of aromatic nitrogens is 1. The first-order valence-electron chi connectivity index (χ1n) is 8.37. The average molecular weight is 396 g/mol. The fourth-order valence-electron chi connectivity index (χ4n) is 2.77. The Kier molecular flexibility index (Phi) is 5.04. The summed E-state index contributed by atoms with van der Waals surface area (Å²) in [5.41, 5.74) is 1.01. The van der Waals surface area contributed by atoms with E-state index >= 15 is 0 Å². The lowest BCUT2D eigenvalue weighted by Crippen LogP contribution is -2.16. The molecule has 4 heterocycles. The van der Waals surface area contributed by atoms with Gasteiger partial charge in [-0.2, -0.15) is 0 Å². The van der Waals surface area contributed by atoms with Gasteiger partial charge in [-0.15, -0.1) is 22.7 Å². The van der Waals surface area contributed by atoms with Crippen molar-refractivity contribution in [2.24, 2.45) is 0 Å². The van der Waals surface area contributed by atoms with E-state index in [2.05, 4.69) is 27.8 Å². The van der Waals surface area contributed by atoms with Crippen molar-refractivity contribution < 1.29 is 9.21 Å². The topological polar surface area (TPSA) is 67.2 Å². The van der Waals surface area contributed by atoms with Gasteiger partial charge in [0.15, 0.2) is 5.76 Å². The minimum absolute atomic E-state index is 0.114. The van der Waals surface area contributed by atoms with E-state index in [4.69, 9.17) is 4.42 Å². The zero-order valence-corrected chi connectivity index (χ0v) is 16.1. The fraction of sp³-hybridized carbons (Fsp3) is 0.100. The van der Waals surface area contributed by atoms with E-state index in [9.17, 15) is 4.79 Å². The molecule has 4 rings (SSSR count). The van der Waals surface area contributed by atoms with Gasteiger partial charge in [-0.1, -0.05) is 12.1 Å². The molecule has 0 saturated carbocycles. The third kappa shape index (κ3) is 3.94. The molecule has 1 atom stereocenters. The summed E-state index contributed by atoms with van der Waals surface area (Å²) in [5, 5.41) is 9.33. The molecule has 0 aromatic carbocycles. The van der Waals surface area contributed by atoms with Crippen molar-refractivity contribution in [3.8, 4) is 0 Å². The van der Waals surface area contributed by atoms with E-state index < -0.39 is 0 Å². The third-order valence-electron chi connectivity index (χ3n) is 3.95. The van der Waals surface area contributed by atoms with E-state index in [-0.39, 0.29) is 17.7 Å². The van der Waals surface area contributed by atoms with Gasteiger partial charge in [0.25, 0.3) is 5.91 Å². The van der Waals surface area contributed by atoms with E-state index in [0.717, 1.165) is 26.1 Å². The van der Waals surface area contributed by atoms with Crippen molar-refractivity contribution in [1.82, 2.24) is 4.98 Å². The standard InChI is InChI=1S/C20H17N3O2S2/c1-13-12-14(20(27-13)23-19(24)15-6-4-10-25-15)18(16-7-5-11-26-16)22-17-8-2-3-9-21-17/h2-12,18H,1H3,(H,21,22)(H,23,24)/t18-/m1/s1. The van der Waals surface area contributed by atoms with E-state index in [0.29, 0.717) is 0 Å². The highest BCUT2D eigenvalue weighted by molar-refractivity contribution is 7.16. The van der Waals surface area contributed by atoms with E-state index in [1.54, 1.807) is 41.0 Å². The van der Waals surface area contributed by atoms with Crippen molar-refractivity contribution >= 4 is 39.4 Å². The van der Waals surface area contributed by atoms with Crippen LogP contribution in [0, 0.1) is 6.92 Å². The van der Waals surface area contributed by atoms with Gasteiger partial charge < -0.3 is 15.1 Å². The first-order chi connectivity index (χ1) is 13.2. The normalized spacial score (nSPS) is 11.9. The number of aryl methyl sites for hydroxylation is 1. The lowest BCUT2D eigenvalue weighted by molar-refractivity contribution is 0.0997. The van der Waals surface area contributed by atoms with Crippen LogP contribution in [0.3, 0.4) is 0 Å². The Hall–Kier alpha value is -2.90. The quantitative estimate of drug-likeness (QED) is 0.448. The Morgan fingerprint density at radius 3 is 2.81 bits per heavy atom. The van der Waals surface area contributed by atoms with Crippen LogP contribution in [0.5, 0.6) is 0 Å². The number of nitrogens with zero attached hydrogens (tertiary/aromatic N) is 1. The van der Waals surface area contributed by atoms with Crippen molar-refractivity contribution in [2.45, 2.75) is 13.0 Å². The molecule has 0 aliphatic heterocycles. The summed E-state index contributed by atoms with van der Waals surface area (Å²) in [4.78, 5) is 19.1. The Balaban J connectivity index is 1.69. The summed E-state index contributed by atoms with van der Waals surface area (Å²) >= 11 is 3.21. The number of anilines is 2. The summed E-state index contributed by atoms with van der Waals surface area (Å²) in [6, 6.07) is 15.2. The number of hydrogen-bond donors (Lipinski definition) is 2. The van der Waals surface area contributed by atoms with Crippen molar-refractivity contribution in [1.29, 1.82) is 0 Å². The summed E-state index contributed by atoms with van der Waals surface area (Å²) in [6.45, 7) is 2.03. The Morgan fingerprint density at radius 2 is 2.11 bits per heavy atom. The summed E-state index contributed by atoms with van der Waals surface area (Å²) < 4.78 is 5.21. The highest BCUT2D eigenvalue weighted by Gasteiger charge is 2.23. The van der Waals surface area contributed by atoms with Crippen LogP contribution in [0.1, 0.15) is 31.9 Å². The third-order valence-corrected chi connectivity index (χ3v) is 5.87. The molecule has 0 unspecified atom stereocenters. The summed E-state index contributed by atoms with van der Waals surface area (Å²) in [7, 11) is 0. The number of thiophene rings is 2. The molecule has 5 nitrogen and oxygen atoms in total. The molecule has 0 bridgehead atoms. The number of carbonyl (C=O) groups excluding carboxylic acids is 1. The number of nitrogens with one attached hydrogen (secondary N) is 2. The second kappa shape index (κ2) is 7.77. The van der Waals surface area contributed by atoms with Crippen LogP contribution in [-0.4, -0.2) is 10.9 Å². The number of hydrogen-bond acceptors (Lipinski definition) is 6. The van der Waals surface area contributed by atoms with Crippen LogP contribution >= 0.6 is 22.7 Å². The van der Waals surface area contributed by atoms with Crippen LogP contribution in [0.15, 0.2) is 70.8 Å². The number of rotatable bonds is 6. The number of pyridine rings is 1. The van der Waals surface area contributed by atoms with Crippen LogP contribution in [0.25, 0.3) is 0 Å². The average Bonchev–Trinajstić information content (AvgIpc) is 3.43. The van der Waals surface area contributed by atoms with Gasteiger partial charge in [-0.25, -0.2) is 4.98 Å². The Morgan fingerprint density at radius 1 is 1.19 bits per heavy atom. The maximum Gasteiger partial charge on any atom is 0.291 e.